The Bertz CT molecular complexity index is 950. The number of amides is 1. The number of fused-ring (bicyclic) bond motifs is 1. The van der Waals surface area contributed by atoms with Crippen molar-refractivity contribution in [1.29, 1.82) is 0 Å². The number of hydrogen-bond donors (Lipinski definition) is 1. The van der Waals surface area contributed by atoms with Crippen LogP contribution in [0.5, 0.6) is 0 Å². The van der Waals surface area contributed by atoms with E-state index in [-0.39, 0.29) is 18.2 Å². The van der Waals surface area contributed by atoms with Gasteiger partial charge in [0.05, 0.1) is 31.9 Å². The fraction of sp³-hybridized carbons (Fsp3) is 0.231. The predicted molar refractivity (Wildman–Crippen MR) is 96.1 cm³/mol. The summed E-state index contributed by atoms with van der Waals surface area (Å²) in [6.45, 7) is 1.71. The number of hydrazone groups is 1. The quantitative estimate of drug-likeness (QED) is 0.276. The van der Waals surface area contributed by atoms with Gasteiger partial charge in [0.25, 0.3) is 5.91 Å². The van der Waals surface area contributed by atoms with Crippen LogP contribution in [-0.2, 0) is 11.3 Å². The fourth-order valence-electron chi connectivity index (χ4n) is 1.85. The topological polar surface area (TPSA) is 141 Å². The molecule has 0 aliphatic rings. The van der Waals surface area contributed by atoms with Crippen molar-refractivity contribution in [2.45, 2.75) is 17.8 Å². The number of carbonyl (C=O) groups excluding carboxylic acids is 1. The van der Waals surface area contributed by atoms with Gasteiger partial charge in [0.1, 0.15) is 6.54 Å². The van der Waals surface area contributed by atoms with Crippen molar-refractivity contribution in [2.24, 2.45) is 5.10 Å². The highest BCUT2D eigenvalue weighted by molar-refractivity contribution is 8.01. The molecule has 2 heterocycles. The summed E-state index contributed by atoms with van der Waals surface area (Å²) in [5.41, 5.74) is 3.79. The van der Waals surface area contributed by atoms with Crippen molar-refractivity contribution in [3.8, 4) is 0 Å². The Morgan fingerprint density at radius 3 is 3.00 bits per heavy atom. The Morgan fingerprint density at radius 2 is 2.27 bits per heavy atom. The van der Waals surface area contributed by atoms with E-state index in [2.05, 4.69) is 30.9 Å². The average molecular weight is 392 g/mol. The van der Waals surface area contributed by atoms with Crippen LogP contribution in [0, 0.1) is 10.1 Å². The molecule has 0 atom stereocenters. The van der Waals surface area contributed by atoms with Gasteiger partial charge in [0.2, 0.25) is 0 Å². The van der Waals surface area contributed by atoms with E-state index in [1.807, 2.05) is 24.3 Å². The molecule has 134 valence electrons. The molecule has 11 nitrogen and oxygen atoms in total. The van der Waals surface area contributed by atoms with Gasteiger partial charge < -0.3 is 10.1 Å². The number of aromatic nitrogens is 5. The van der Waals surface area contributed by atoms with Crippen molar-refractivity contribution in [3.63, 3.8) is 0 Å². The Kier molecular flexibility index (Phi) is 5.48. The summed E-state index contributed by atoms with van der Waals surface area (Å²) in [7, 11) is 0. The predicted octanol–water partition coefficient (Wildman–Crippen LogP) is 1.48. The van der Waals surface area contributed by atoms with E-state index in [0.717, 1.165) is 19.4 Å². The normalized spacial score (nSPS) is 11.7. The van der Waals surface area contributed by atoms with E-state index in [1.165, 1.54) is 23.1 Å². The minimum absolute atomic E-state index is 0.0755. The zero-order valence-corrected chi connectivity index (χ0v) is 15.0. The molecule has 0 aliphatic heterocycles. The van der Waals surface area contributed by atoms with E-state index >= 15 is 0 Å². The van der Waals surface area contributed by atoms with E-state index in [9.17, 15) is 14.9 Å². The summed E-state index contributed by atoms with van der Waals surface area (Å²) in [5.74, 6) is -0.705. The fourth-order valence-corrected chi connectivity index (χ4v) is 3.71. The maximum atomic E-state index is 11.9. The summed E-state index contributed by atoms with van der Waals surface area (Å²) in [5, 5.41) is 24.8. The monoisotopic (exact) mass is 392 g/mol. The molecule has 0 saturated heterocycles. The van der Waals surface area contributed by atoms with Gasteiger partial charge in [0, 0.05) is 5.21 Å². The third-order valence-electron chi connectivity index (χ3n) is 2.95. The molecule has 1 amide bonds. The smallest absolute Gasteiger partial charge is 0.390 e. The molecular formula is C13H12N8O3S2. The third kappa shape index (κ3) is 4.58. The van der Waals surface area contributed by atoms with E-state index < -0.39 is 10.9 Å². The molecular weight excluding hydrogens is 380 g/mol. The molecule has 0 spiro atoms. The van der Waals surface area contributed by atoms with Gasteiger partial charge in [-0.2, -0.15) is 5.10 Å². The molecule has 0 unspecified atom stereocenters. The number of benzene rings is 1. The van der Waals surface area contributed by atoms with Gasteiger partial charge in [-0.3, -0.25) is 4.79 Å². The van der Waals surface area contributed by atoms with Crippen LogP contribution in [0.4, 0.5) is 5.95 Å². The molecule has 2 aromatic heterocycles. The number of nitro groups is 1. The van der Waals surface area contributed by atoms with Gasteiger partial charge in [0.15, 0.2) is 4.34 Å². The molecule has 3 aromatic rings. The molecule has 26 heavy (non-hydrogen) atoms. The van der Waals surface area contributed by atoms with Crippen molar-refractivity contribution in [1.82, 2.24) is 30.6 Å². The zero-order chi connectivity index (χ0) is 18.5. The lowest BCUT2D eigenvalue weighted by atomic mass is 10.3. The molecule has 0 radical (unpaired) electrons. The Balaban J connectivity index is 1.49. The van der Waals surface area contributed by atoms with Crippen molar-refractivity contribution in [3.05, 3.63) is 34.4 Å². The van der Waals surface area contributed by atoms with E-state index in [1.54, 1.807) is 6.92 Å². The average Bonchev–Trinajstić information content (AvgIpc) is 3.24. The molecule has 0 bridgehead atoms. The molecule has 0 fully saturated rings. The third-order valence-corrected chi connectivity index (χ3v) is 5.13. The van der Waals surface area contributed by atoms with Gasteiger partial charge in [-0.05, 0) is 24.0 Å². The van der Waals surface area contributed by atoms with Gasteiger partial charge in [-0.15, -0.1) is 11.3 Å². The second-order valence-corrected chi connectivity index (χ2v) is 7.25. The van der Waals surface area contributed by atoms with E-state index in [4.69, 9.17) is 0 Å². The molecule has 3 rings (SSSR count). The number of carbonyl (C=O) groups is 1. The second-order valence-electron chi connectivity index (χ2n) is 5.00. The summed E-state index contributed by atoms with van der Waals surface area (Å²) >= 11 is 2.85. The van der Waals surface area contributed by atoms with Crippen molar-refractivity contribution >= 4 is 50.9 Å². The number of para-hydroxylation sites is 1. The number of nitrogens with one attached hydrogen (secondary N) is 1. The van der Waals surface area contributed by atoms with E-state index in [0.29, 0.717) is 5.71 Å². The summed E-state index contributed by atoms with van der Waals surface area (Å²) in [4.78, 5) is 27.1. The second kappa shape index (κ2) is 7.97. The highest BCUT2D eigenvalue weighted by Gasteiger charge is 2.15. The highest BCUT2D eigenvalue weighted by atomic mass is 32.2. The zero-order valence-electron chi connectivity index (χ0n) is 13.4. The van der Waals surface area contributed by atoms with Crippen LogP contribution >= 0.6 is 23.1 Å². The maximum absolute atomic E-state index is 11.9. The summed E-state index contributed by atoms with van der Waals surface area (Å²) < 4.78 is 1.87. The SMILES string of the molecule is C/C(Cn1nnc([N+](=O)[O-])n1)=N/NC(=O)CSc1nc2ccccc2s1. The molecule has 0 saturated carbocycles. The Hall–Kier alpha value is -2.93. The standard InChI is InChI=1S/C13H12N8O3S2/c1-8(6-20-18-12(17-19-20)21(23)24)15-16-11(22)7-25-13-14-9-4-2-3-5-10(9)26-13/h2-5H,6-7H2,1H3,(H,16,22)/b15-8-. The molecule has 1 aromatic carbocycles. The van der Waals surface area contributed by atoms with Crippen LogP contribution in [0.3, 0.4) is 0 Å². The van der Waals surface area contributed by atoms with Crippen LogP contribution in [0.1, 0.15) is 6.92 Å². The first-order valence-electron chi connectivity index (χ1n) is 7.24. The van der Waals surface area contributed by atoms with Crippen LogP contribution in [0.2, 0.25) is 0 Å². The number of tetrazole rings is 1. The van der Waals surface area contributed by atoms with Gasteiger partial charge in [-0.25, -0.2) is 10.4 Å². The largest absolute Gasteiger partial charge is 0.514 e. The first-order chi connectivity index (χ1) is 12.5. The molecule has 0 aliphatic carbocycles. The Labute approximate surface area is 154 Å². The van der Waals surface area contributed by atoms with Crippen LogP contribution in [-0.4, -0.2) is 47.5 Å². The summed E-state index contributed by atoms with van der Waals surface area (Å²) in [6.07, 6.45) is 0. The minimum atomic E-state index is -0.739. The van der Waals surface area contributed by atoms with Gasteiger partial charge >= 0.3 is 5.95 Å². The maximum Gasteiger partial charge on any atom is 0.514 e. The first-order valence-corrected chi connectivity index (χ1v) is 9.04. The molecule has 1 N–H and O–H groups in total. The lowest BCUT2D eigenvalue weighted by Crippen LogP contribution is -2.22. The lowest BCUT2D eigenvalue weighted by Gasteiger charge is -2.00. The first kappa shape index (κ1) is 17.9. The number of thioether (sulfide) groups is 1. The number of thiazole rings is 1. The van der Waals surface area contributed by atoms with Crippen molar-refractivity contribution < 1.29 is 9.72 Å². The van der Waals surface area contributed by atoms with Crippen molar-refractivity contribution in [2.75, 3.05) is 5.75 Å². The minimum Gasteiger partial charge on any atom is -0.390 e. The summed E-state index contributed by atoms with van der Waals surface area (Å²) in [6, 6.07) is 7.76. The number of hydrogen-bond acceptors (Lipinski definition) is 10. The van der Waals surface area contributed by atoms with Gasteiger partial charge in [-0.1, -0.05) is 28.7 Å². The van der Waals surface area contributed by atoms with Crippen LogP contribution in [0.15, 0.2) is 33.7 Å². The van der Waals surface area contributed by atoms with Crippen LogP contribution < -0.4 is 5.43 Å². The highest BCUT2D eigenvalue weighted by Crippen LogP contribution is 2.28. The van der Waals surface area contributed by atoms with Crippen LogP contribution in [0.25, 0.3) is 10.2 Å². The molecule has 13 heteroatoms. The number of nitrogens with zero attached hydrogens (tertiary/aromatic N) is 7. The number of rotatable bonds is 7. The lowest BCUT2D eigenvalue weighted by molar-refractivity contribution is -0.394. The Morgan fingerprint density at radius 1 is 1.46 bits per heavy atom.